The molecular weight excluding hydrogens is 325 g/mol. The number of halogens is 3. The maximum absolute atomic E-state index is 12.4. The van der Waals surface area contributed by atoms with Crippen LogP contribution in [0.25, 0.3) is 0 Å². The molecule has 1 aliphatic rings. The van der Waals surface area contributed by atoms with Gasteiger partial charge < -0.3 is 9.45 Å². The molecule has 2 N–H and O–H groups in total. The molecule has 0 radical (unpaired) electrons. The minimum atomic E-state index is -4.92. The standard InChI is InChI=1S/C12H11F3N2O4S/c13-12(14,15)22(21)8-3-1-2-7(6-8)11(19)17-5-4-9(17)10(18)16-20/h1-3,6,9,20H,4-5H2,(H,16,18)/t9-,22?/m1/s1. The van der Waals surface area contributed by atoms with Gasteiger partial charge in [0.05, 0.1) is 11.2 Å². The Morgan fingerprint density at radius 3 is 2.59 bits per heavy atom. The van der Waals surface area contributed by atoms with Crippen molar-refractivity contribution in [1.29, 1.82) is 0 Å². The van der Waals surface area contributed by atoms with E-state index in [1.165, 1.54) is 17.6 Å². The van der Waals surface area contributed by atoms with Gasteiger partial charge in [-0.15, -0.1) is 13.2 Å². The SMILES string of the molecule is O=C(NO)[C@H]1CCN1C(=O)c1cccc([S+]([O-])C(F)(F)F)c1. The Labute approximate surface area is 126 Å². The second-order valence-electron chi connectivity index (χ2n) is 4.52. The third kappa shape index (κ3) is 3.18. The first-order valence-electron chi connectivity index (χ1n) is 6.09. The first kappa shape index (κ1) is 16.6. The van der Waals surface area contributed by atoms with Gasteiger partial charge in [-0.05, 0) is 18.6 Å². The van der Waals surface area contributed by atoms with Crippen molar-refractivity contribution in [3.8, 4) is 0 Å². The number of carbonyl (C=O) groups is 2. The lowest BCUT2D eigenvalue weighted by molar-refractivity contribution is -0.137. The molecule has 0 spiro atoms. The molecule has 2 atom stereocenters. The fourth-order valence-corrected chi connectivity index (χ4v) is 2.72. The van der Waals surface area contributed by atoms with E-state index >= 15 is 0 Å². The van der Waals surface area contributed by atoms with Crippen LogP contribution in [0.3, 0.4) is 0 Å². The lowest BCUT2D eigenvalue weighted by atomic mass is 10.0. The molecule has 1 aromatic carbocycles. The number of hydrogen-bond acceptors (Lipinski definition) is 4. The predicted octanol–water partition coefficient (Wildman–Crippen LogP) is 1.03. The van der Waals surface area contributed by atoms with E-state index in [2.05, 4.69) is 0 Å². The maximum atomic E-state index is 12.4. The molecule has 6 nitrogen and oxygen atoms in total. The van der Waals surface area contributed by atoms with Crippen LogP contribution >= 0.6 is 0 Å². The molecule has 0 aliphatic carbocycles. The Balaban J connectivity index is 2.20. The highest BCUT2D eigenvalue weighted by atomic mass is 32.2. The largest absolute Gasteiger partial charge is 0.604 e. The van der Waals surface area contributed by atoms with E-state index in [0.717, 1.165) is 17.0 Å². The predicted molar refractivity (Wildman–Crippen MR) is 68.3 cm³/mol. The fraction of sp³-hybridized carbons (Fsp3) is 0.333. The summed E-state index contributed by atoms with van der Waals surface area (Å²) in [5.41, 5.74) is -3.60. The molecule has 1 heterocycles. The summed E-state index contributed by atoms with van der Waals surface area (Å²) >= 11 is -3.23. The van der Waals surface area contributed by atoms with Crippen molar-refractivity contribution in [2.24, 2.45) is 0 Å². The van der Waals surface area contributed by atoms with Gasteiger partial charge in [-0.3, -0.25) is 14.8 Å². The minimum Gasteiger partial charge on any atom is -0.604 e. The molecule has 120 valence electrons. The topological polar surface area (TPSA) is 92.7 Å². The highest BCUT2D eigenvalue weighted by Crippen LogP contribution is 2.31. The first-order chi connectivity index (χ1) is 10.3. The van der Waals surface area contributed by atoms with Crippen LogP contribution in [0.15, 0.2) is 29.2 Å². The van der Waals surface area contributed by atoms with Gasteiger partial charge >= 0.3 is 5.51 Å². The third-order valence-corrected chi connectivity index (χ3v) is 4.30. The summed E-state index contributed by atoms with van der Waals surface area (Å²) in [4.78, 5) is 24.0. The molecule has 1 aromatic rings. The van der Waals surface area contributed by atoms with E-state index in [4.69, 9.17) is 5.21 Å². The molecule has 0 aromatic heterocycles. The highest BCUT2D eigenvalue weighted by molar-refractivity contribution is 7.92. The first-order valence-corrected chi connectivity index (χ1v) is 7.24. The molecular formula is C12H11F3N2O4S. The molecule has 1 saturated heterocycles. The van der Waals surface area contributed by atoms with Gasteiger partial charge in [0.1, 0.15) is 6.04 Å². The van der Waals surface area contributed by atoms with E-state index in [9.17, 15) is 27.3 Å². The van der Waals surface area contributed by atoms with E-state index < -0.39 is 39.4 Å². The molecule has 0 bridgehead atoms. The van der Waals surface area contributed by atoms with Gasteiger partial charge in [0.25, 0.3) is 11.8 Å². The maximum Gasteiger partial charge on any atom is 0.578 e. The van der Waals surface area contributed by atoms with Gasteiger partial charge in [-0.2, -0.15) is 0 Å². The van der Waals surface area contributed by atoms with Crippen LogP contribution in [0.1, 0.15) is 16.8 Å². The van der Waals surface area contributed by atoms with E-state index in [0.29, 0.717) is 6.42 Å². The number of amides is 2. The summed E-state index contributed by atoms with van der Waals surface area (Å²) in [5, 5.41) is 8.54. The van der Waals surface area contributed by atoms with E-state index in [-0.39, 0.29) is 12.1 Å². The number of carbonyl (C=O) groups excluding carboxylic acids is 2. The summed E-state index contributed by atoms with van der Waals surface area (Å²) < 4.78 is 48.6. The van der Waals surface area contributed by atoms with Crippen molar-refractivity contribution in [3.63, 3.8) is 0 Å². The van der Waals surface area contributed by atoms with Crippen molar-refractivity contribution < 1.29 is 32.5 Å². The zero-order valence-electron chi connectivity index (χ0n) is 11.0. The number of nitrogens with zero attached hydrogens (tertiary/aromatic N) is 1. The van der Waals surface area contributed by atoms with Gasteiger partial charge in [0, 0.05) is 18.2 Å². The normalized spacial score (nSPS) is 19.3. The van der Waals surface area contributed by atoms with Gasteiger partial charge in [-0.1, -0.05) is 6.07 Å². The van der Waals surface area contributed by atoms with E-state index in [1.54, 1.807) is 0 Å². The van der Waals surface area contributed by atoms with Crippen LogP contribution < -0.4 is 5.48 Å². The molecule has 0 saturated carbocycles. The second-order valence-corrected chi connectivity index (χ2v) is 5.99. The van der Waals surface area contributed by atoms with Gasteiger partial charge in [0.2, 0.25) is 0 Å². The Kier molecular flexibility index (Phi) is 4.63. The highest BCUT2D eigenvalue weighted by Gasteiger charge is 2.46. The fourth-order valence-electron chi connectivity index (χ4n) is 2.02. The number of likely N-dealkylation sites (tertiary alicyclic amines) is 1. The molecule has 1 unspecified atom stereocenters. The minimum absolute atomic E-state index is 0.106. The van der Waals surface area contributed by atoms with Crippen LogP contribution in [0, 0.1) is 0 Å². The molecule has 22 heavy (non-hydrogen) atoms. The molecule has 1 fully saturated rings. The number of benzene rings is 1. The van der Waals surface area contributed by atoms with Crippen LogP contribution in [-0.4, -0.2) is 44.6 Å². The molecule has 10 heteroatoms. The van der Waals surface area contributed by atoms with Crippen molar-refractivity contribution in [1.82, 2.24) is 10.4 Å². The van der Waals surface area contributed by atoms with Crippen LogP contribution in [0.4, 0.5) is 13.2 Å². The quantitative estimate of drug-likeness (QED) is 0.490. The lowest BCUT2D eigenvalue weighted by Gasteiger charge is -2.39. The average Bonchev–Trinajstić information content (AvgIpc) is 2.44. The molecule has 2 rings (SSSR count). The van der Waals surface area contributed by atoms with Crippen molar-refractivity contribution in [2.45, 2.75) is 22.9 Å². The Morgan fingerprint density at radius 1 is 1.41 bits per heavy atom. The zero-order valence-corrected chi connectivity index (χ0v) is 11.8. The van der Waals surface area contributed by atoms with Crippen LogP contribution in [0.5, 0.6) is 0 Å². The van der Waals surface area contributed by atoms with Crippen molar-refractivity contribution in [3.05, 3.63) is 29.8 Å². The smallest absolute Gasteiger partial charge is 0.578 e. The Morgan fingerprint density at radius 2 is 2.09 bits per heavy atom. The van der Waals surface area contributed by atoms with Crippen molar-refractivity contribution in [2.75, 3.05) is 6.54 Å². The number of hydrogen-bond donors (Lipinski definition) is 2. The second kappa shape index (κ2) is 6.15. The summed E-state index contributed by atoms with van der Waals surface area (Å²) in [6.45, 7) is 0.240. The zero-order chi connectivity index (χ0) is 16.5. The lowest BCUT2D eigenvalue weighted by Crippen LogP contribution is -2.57. The molecule has 2 amide bonds. The van der Waals surface area contributed by atoms with Crippen LogP contribution in [-0.2, 0) is 16.0 Å². The van der Waals surface area contributed by atoms with Crippen molar-refractivity contribution >= 4 is 23.0 Å². The van der Waals surface area contributed by atoms with E-state index in [1.807, 2.05) is 0 Å². The third-order valence-electron chi connectivity index (χ3n) is 3.20. The summed E-state index contributed by atoms with van der Waals surface area (Å²) in [6, 6.07) is 3.49. The van der Waals surface area contributed by atoms with Gasteiger partial charge in [-0.25, -0.2) is 5.48 Å². The van der Waals surface area contributed by atoms with Gasteiger partial charge in [0.15, 0.2) is 4.90 Å². The number of alkyl halides is 3. The number of rotatable bonds is 3. The Bertz CT molecular complexity index is 596. The Hall–Kier alpha value is -1.78. The molecule has 1 aliphatic heterocycles. The summed E-state index contributed by atoms with van der Waals surface area (Å²) in [6.07, 6.45) is 0.340. The summed E-state index contributed by atoms with van der Waals surface area (Å²) in [7, 11) is 0. The number of hydroxylamine groups is 1. The average molecular weight is 336 g/mol. The van der Waals surface area contributed by atoms with Crippen LogP contribution in [0.2, 0.25) is 0 Å². The monoisotopic (exact) mass is 336 g/mol. The number of nitrogens with one attached hydrogen (secondary N) is 1. The summed E-state index contributed by atoms with van der Waals surface area (Å²) in [5.74, 6) is -1.43.